The number of hydrogen-bond donors (Lipinski definition) is 1. The highest BCUT2D eigenvalue weighted by Crippen LogP contribution is 2.33. The second-order valence-electron chi connectivity index (χ2n) is 5.38. The van der Waals surface area contributed by atoms with Gasteiger partial charge in [-0.15, -0.1) is 0 Å². The van der Waals surface area contributed by atoms with Gasteiger partial charge in [-0.25, -0.2) is 8.42 Å². The van der Waals surface area contributed by atoms with E-state index in [0.29, 0.717) is 5.56 Å². The van der Waals surface area contributed by atoms with Crippen LogP contribution in [-0.2, 0) is 14.6 Å². The van der Waals surface area contributed by atoms with Gasteiger partial charge in [-0.3, -0.25) is 4.79 Å². The Balaban J connectivity index is 1.85. The van der Waals surface area contributed by atoms with Gasteiger partial charge in [0.15, 0.2) is 0 Å². The molecule has 1 amide bonds. The summed E-state index contributed by atoms with van der Waals surface area (Å²) in [5, 5.41) is 4.06. The second kappa shape index (κ2) is 5.05. The predicted octanol–water partition coefficient (Wildman–Crippen LogP) is 2.26. The number of sulfone groups is 1. The Morgan fingerprint density at radius 3 is 2.55 bits per heavy atom. The Bertz CT molecular complexity index is 670. The van der Waals surface area contributed by atoms with Crippen molar-refractivity contribution in [2.75, 3.05) is 0 Å². The van der Waals surface area contributed by atoms with Crippen LogP contribution in [0.4, 0.5) is 0 Å². The highest BCUT2D eigenvalue weighted by Gasteiger charge is 2.31. The van der Waals surface area contributed by atoms with E-state index in [1.807, 2.05) is 0 Å². The minimum absolute atomic E-state index is 0.174. The molecule has 3 rings (SSSR count). The topological polar surface area (TPSA) is 63.2 Å². The molecule has 0 radical (unpaired) electrons. The maximum absolute atomic E-state index is 12.3. The van der Waals surface area contributed by atoms with Crippen LogP contribution in [0.3, 0.4) is 0 Å². The molecule has 1 aliphatic carbocycles. The molecule has 1 aromatic carbocycles. The third-order valence-corrected chi connectivity index (χ3v) is 5.46. The Labute approximate surface area is 118 Å². The summed E-state index contributed by atoms with van der Waals surface area (Å²) in [7, 11) is -3.46. The Hall–Kier alpha value is -1.62. The summed E-state index contributed by atoms with van der Waals surface area (Å²) in [6.45, 7) is 0. The van der Waals surface area contributed by atoms with Gasteiger partial charge < -0.3 is 5.32 Å². The highest BCUT2D eigenvalue weighted by molar-refractivity contribution is 7.95. The molecule has 1 aliphatic heterocycles. The standard InChI is InChI=1S/C15H17NO3S/c17-15(16-11-6-2-1-3-7-11)13-10-20(18,19)14-9-5-4-8-12(13)14/h4-5,8-11H,1-3,6-7H2,(H,16,17). The third kappa shape index (κ3) is 2.38. The molecular weight excluding hydrogens is 274 g/mol. The van der Waals surface area contributed by atoms with Gasteiger partial charge >= 0.3 is 0 Å². The number of rotatable bonds is 2. The van der Waals surface area contributed by atoms with Crippen molar-refractivity contribution < 1.29 is 13.2 Å². The van der Waals surface area contributed by atoms with Gasteiger partial charge in [0.25, 0.3) is 5.91 Å². The lowest BCUT2D eigenvalue weighted by Crippen LogP contribution is -2.36. The average Bonchev–Trinajstić information content (AvgIpc) is 2.73. The molecule has 0 aromatic heterocycles. The van der Waals surface area contributed by atoms with Crippen LogP contribution in [-0.4, -0.2) is 20.4 Å². The number of fused-ring (bicyclic) bond motifs is 1. The molecule has 20 heavy (non-hydrogen) atoms. The Morgan fingerprint density at radius 1 is 1.10 bits per heavy atom. The van der Waals surface area contributed by atoms with E-state index in [1.54, 1.807) is 24.3 Å². The quantitative estimate of drug-likeness (QED) is 0.909. The molecule has 106 valence electrons. The van der Waals surface area contributed by atoms with Crippen molar-refractivity contribution in [3.8, 4) is 0 Å². The summed E-state index contributed by atoms with van der Waals surface area (Å²) < 4.78 is 24.0. The molecule has 1 heterocycles. The lowest BCUT2D eigenvalue weighted by atomic mass is 9.95. The minimum atomic E-state index is -3.46. The van der Waals surface area contributed by atoms with E-state index < -0.39 is 9.84 Å². The first-order valence-electron chi connectivity index (χ1n) is 6.95. The molecule has 0 saturated heterocycles. The third-order valence-electron chi connectivity index (χ3n) is 3.94. The summed E-state index contributed by atoms with van der Waals surface area (Å²) in [5.74, 6) is -0.273. The average molecular weight is 291 g/mol. The van der Waals surface area contributed by atoms with E-state index in [4.69, 9.17) is 0 Å². The van der Waals surface area contributed by atoms with Crippen molar-refractivity contribution in [3.05, 3.63) is 35.2 Å². The number of carbonyl (C=O) groups is 1. The summed E-state index contributed by atoms with van der Waals surface area (Å²) >= 11 is 0. The van der Waals surface area contributed by atoms with Crippen molar-refractivity contribution in [1.29, 1.82) is 0 Å². The minimum Gasteiger partial charge on any atom is -0.349 e. The molecule has 1 N–H and O–H groups in total. The molecule has 0 bridgehead atoms. The van der Waals surface area contributed by atoms with Crippen LogP contribution < -0.4 is 5.32 Å². The fourth-order valence-corrected chi connectivity index (χ4v) is 4.33. The zero-order valence-electron chi connectivity index (χ0n) is 11.1. The van der Waals surface area contributed by atoms with Crippen LogP contribution in [0.15, 0.2) is 34.6 Å². The molecule has 0 spiro atoms. The number of hydrogen-bond acceptors (Lipinski definition) is 3. The largest absolute Gasteiger partial charge is 0.349 e. The predicted molar refractivity (Wildman–Crippen MR) is 76.6 cm³/mol. The molecule has 0 unspecified atom stereocenters. The van der Waals surface area contributed by atoms with E-state index in [0.717, 1.165) is 31.1 Å². The fourth-order valence-electron chi connectivity index (χ4n) is 2.91. The van der Waals surface area contributed by atoms with Gasteiger partial charge in [-0.2, -0.15) is 0 Å². The molecule has 5 heteroatoms. The lowest BCUT2D eigenvalue weighted by molar-refractivity contribution is -0.116. The van der Waals surface area contributed by atoms with E-state index in [2.05, 4.69) is 5.32 Å². The maximum atomic E-state index is 12.3. The molecule has 0 atom stereocenters. The van der Waals surface area contributed by atoms with Gasteiger partial charge in [0.1, 0.15) is 0 Å². The summed E-state index contributed by atoms with van der Waals surface area (Å²) in [6.07, 6.45) is 5.42. The molecule has 1 aromatic rings. The molecule has 1 fully saturated rings. The molecule has 2 aliphatic rings. The maximum Gasteiger partial charge on any atom is 0.252 e. The first kappa shape index (κ1) is 13.4. The second-order valence-corrected chi connectivity index (χ2v) is 7.15. The van der Waals surface area contributed by atoms with Crippen LogP contribution in [0.5, 0.6) is 0 Å². The van der Waals surface area contributed by atoms with Crippen molar-refractivity contribution in [3.63, 3.8) is 0 Å². The highest BCUT2D eigenvalue weighted by atomic mass is 32.2. The van der Waals surface area contributed by atoms with E-state index >= 15 is 0 Å². The Kier molecular flexibility index (Phi) is 3.38. The smallest absolute Gasteiger partial charge is 0.252 e. The summed E-state index contributed by atoms with van der Waals surface area (Å²) in [4.78, 5) is 12.6. The Morgan fingerprint density at radius 2 is 1.80 bits per heavy atom. The van der Waals surface area contributed by atoms with Crippen LogP contribution in [0.1, 0.15) is 37.7 Å². The zero-order chi connectivity index (χ0) is 14.2. The van der Waals surface area contributed by atoms with Gasteiger partial charge in [0, 0.05) is 17.0 Å². The number of benzene rings is 1. The monoisotopic (exact) mass is 291 g/mol. The van der Waals surface area contributed by atoms with Crippen LogP contribution in [0.2, 0.25) is 0 Å². The SMILES string of the molecule is O=C(NC1CCCCC1)C1=CS(=O)(=O)c2ccccc21. The van der Waals surface area contributed by atoms with Crippen molar-refractivity contribution in [1.82, 2.24) is 5.32 Å². The van der Waals surface area contributed by atoms with Crippen molar-refractivity contribution in [2.45, 2.75) is 43.0 Å². The van der Waals surface area contributed by atoms with Crippen molar-refractivity contribution in [2.24, 2.45) is 0 Å². The van der Waals surface area contributed by atoms with E-state index in [1.165, 1.54) is 6.42 Å². The number of nitrogens with one attached hydrogen (secondary N) is 1. The van der Waals surface area contributed by atoms with Gasteiger partial charge in [0.2, 0.25) is 9.84 Å². The zero-order valence-corrected chi connectivity index (χ0v) is 11.9. The fraction of sp³-hybridized carbons (Fsp3) is 0.400. The van der Waals surface area contributed by atoms with Gasteiger partial charge in [0.05, 0.1) is 10.5 Å². The van der Waals surface area contributed by atoms with Crippen molar-refractivity contribution >= 4 is 21.3 Å². The van der Waals surface area contributed by atoms with Crippen LogP contribution >= 0.6 is 0 Å². The van der Waals surface area contributed by atoms with E-state index in [-0.39, 0.29) is 22.4 Å². The van der Waals surface area contributed by atoms with E-state index in [9.17, 15) is 13.2 Å². The lowest BCUT2D eigenvalue weighted by Gasteiger charge is -2.23. The number of carbonyl (C=O) groups excluding carboxylic acids is 1. The van der Waals surface area contributed by atoms with Gasteiger partial charge in [-0.1, -0.05) is 37.5 Å². The summed E-state index contributed by atoms with van der Waals surface area (Å²) in [6, 6.07) is 6.83. The normalized spacial score (nSPS) is 21.1. The molecule has 1 saturated carbocycles. The number of amides is 1. The molecular formula is C15H17NO3S. The molecule has 4 nitrogen and oxygen atoms in total. The van der Waals surface area contributed by atoms with Crippen LogP contribution in [0, 0.1) is 0 Å². The summed E-state index contributed by atoms with van der Waals surface area (Å²) in [5.41, 5.74) is 0.784. The first-order valence-corrected chi connectivity index (χ1v) is 8.49. The first-order chi connectivity index (χ1) is 9.58. The van der Waals surface area contributed by atoms with Crippen LogP contribution in [0.25, 0.3) is 5.57 Å². The van der Waals surface area contributed by atoms with Gasteiger partial charge in [-0.05, 0) is 18.9 Å².